The Hall–Kier alpha value is -3.85. The molecule has 0 spiro atoms. The van der Waals surface area contributed by atoms with Gasteiger partial charge in [-0.1, -0.05) is 41.6 Å². The van der Waals surface area contributed by atoms with Crippen molar-refractivity contribution in [2.75, 3.05) is 0 Å². The lowest BCUT2D eigenvalue weighted by Gasteiger charge is -2.29. The van der Waals surface area contributed by atoms with Crippen LogP contribution in [0.1, 0.15) is 46.1 Å². The molecule has 0 saturated carbocycles. The molecule has 2 atom stereocenters. The van der Waals surface area contributed by atoms with Crippen LogP contribution in [0.2, 0.25) is 0 Å². The summed E-state index contributed by atoms with van der Waals surface area (Å²) in [6.07, 6.45) is 1.80. The Kier molecular flexibility index (Phi) is 5.02. The second-order valence-corrected chi connectivity index (χ2v) is 8.03. The number of piperidine rings is 1. The molecule has 2 aliphatic rings. The first-order chi connectivity index (χ1) is 15.5. The molecular formula is C23H21N5O4. The summed E-state index contributed by atoms with van der Waals surface area (Å²) in [7, 11) is 0. The summed E-state index contributed by atoms with van der Waals surface area (Å²) in [5, 5.41) is 21.0. The van der Waals surface area contributed by atoms with E-state index in [1.165, 1.54) is 9.58 Å². The number of benzene rings is 2. The highest BCUT2D eigenvalue weighted by Crippen LogP contribution is 2.29. The summed E-state index contributed by atoms with van der Waals surface area (Å²) in [5.74, 6) is -0.995. The lowest BCUT2D eigenvalue weighted by molar-refractivity contribution is -0.136. The lowest BCUT2D eigenvalue weighted by atomic mass is 10.0. The van der Waals surface area contributed by atoms with Gasteiger partial charge in [-0.05, 0) is 29.7 Å². The molecule has 9 heteroatoms. The van der Waals surface area contributed by atoms with Gasteiger partial charge in [-0.15, -0.1) is 5.10 Å². The van der Waals surface area contributed by atoms with Crippen LogP contribution in [0, 0.1) is 0 Å². The maximum absolute atomic E-state index is 13.0. The lowest BCUT2D eigenvalue weighted by Crippen LogP contribution is -2.52. The van der Waals surface area contributed by atoms with Crippen molar-refractivity contribution in [3.8, 4) is 5.69 Å². The quantitative estimate of drug-likeness (QED) is 0.588. The molecule has 32 heavy (non-hydrogen) atoms. The maximum Gasteiger partial charge on any atom is 0.255 e. The molecule has 2 aromatic carbocycles. The van der Waals surface area contributed by atoms with Gasteiger partial charge in [0, 0.05) is 24.9 Å². The summed E-state index contributed by atoms with van der Waals surface area (Å²) in [6.45, 7) is 0.319. The fourth-order valence-corrected chi connectivity index (χ4v) is 4.18. The number of nitrogens with zero attached hydrogens (tertiary/aromatic N) is 4. The van der Waals surface area contributed by atoms with Gasteiger partial charge in [-0.3, -0.25) is 19.7 Å². The van der Waals surface area contributed by atoms with E-state index in [0.29, 0.717) is 36.3 Å². The third kappa shape index (κ3) is 3.67. The van der Waals surface area contributed by atoms with E-state index < -0.39 is 18.1 Å². The molecule has 0 radical (unpaired) electrons. The Morgan fingerprint density at radius 2 is 1.94 bits per heavy atom. The normalized spacial score (nSPS) is 19.1. The molecule has 1 fully saturated rings. The standard InChI is InChI=1S/C23H21N5O4/c29-20(10-14-4-2-1-3-5-14)18-13-28(26-25-18)16-7-6-15-12-27(23(32)17(15)11-16)19-8-9-21(30)24-22(19)31/h1-7,11,13,19-20,29H,8-10,12H2,(H,24,30,31). The molecule has 2 unspecified atom stereocenters. The number of hydrogen-bond acceptors (Lipinski definition) is 6. The number of carbonyl (C=O) groups excluding carboxylic acids is 3. The largest absolute Gasteiger partial charge is 0.386 e. The Bertz CT molecular complexity index is 1210. The van der Waals surface area contributed by atoms with Gasteiger partial charge in [0.25, 0.3) is 5.91 Å². The van der Waals surface area contributed by atoms with Gasteiger partial charge in [0.1, 0.15) is 17.8 Å². The van der Waals surface area contributed by atoms with Crippen LogP contribution in [0.25, 0.3) is 5.69 Å². The van der Waals surface area contributed by atoms with E-state index >= 15 is 0 Å². The molecule has 9 nitrogen and oxygen atoms in total. The van der Waals surface area contributed by atoms with Crippen molar-refractivity contribution in [2.24, 2.45) is 0 Å². The van der Waals surface area contributed by atoms with Gasteiger partial charge >= 0.3 is 0 Å². The molecule has 1 aromatic heterocycles. The molecule has 5 rings (SSSR count). The van der Waals surface area contributed by atoms with Crippen molar-refractivity contribution >= 4 is 17.7 Å². The van der Waals surface area contributed by atoms with Gasteiger partial charge < -0.3 is 10.0 Å². The van der Waals surface area contributed by atoms with Crippen molar-refractivity contribution in [2.45, 2.75) is 38.0 Å². The average Bonchev–Trinajstić information content (AvgIpc) is 3.40. The number of fused-ring (bicyclic) bond motifs is 1. The molecule has 3 heterocycles. The van der Waals surface area contributed by atoms with E-state index in [0.717, 1.165) is 11.1 Å². The van der Waals surface area contributed by atoms with Crippen LogP contribution in [0.4, 0.5) is 0 Å². The summed E-state index contributed by atoms with van der Waals surface area (Å²) < 4.78 is 1.52. The Labute approximate surface area is 183 Å². The molecule has 3 aromatic rings. The first kappa shape index (κ1) is 20.1. The van der Waals surface area contributed by atoms with E-state index in [-0.39, 0.29) is 18.2 Å². The average molecular weight is 431 g/mol. The first-order valence-electron chi connectivity index (χ1n) is 10.4. The molecule has 2 N–H and O–H groups in total. The van der Waals surface area contributed by atoms with Crippen LogP contribution < -0.4 is 5.32 Å². The van der Waals surface area contributed by atoms with Crippen molar-refractivity contribution < 1.29 is 19.5 Å². The summed E-state index contributed by atoms with van der Waals surface area (Å²) in [5.41, 5.74) is 3.37. The van der Waals surface area contributed by atoms with Gasteiger partial charge in [-0.2, -0.15) is 0 Å². The second kappa shape index (κ2) is 8.01. The smallest absolute Gasteiger partial charge is 0.255 e. The van der Waals surface area contributed by atoms with Gasteiger partial charge in [-0.25, -0.2) is 4.68 Å². The van der Waals surface area contributed by atoms with E-state index in [1.807, 2.05) is 42.5 Å². The van der Waals surface area contributed by atoms with Gasteiger partial charge in [0.2, 0.25) is 11.8 Å². The van der Waals surface area contributed by atoms with Crippen molar-refractivity contribution in [1.29, 1.82) is 0 Å². The number of amides is 3. The highest BCUT2D eigenvalue weighted by molar-refractivity contribution is 6.05. The van der Waals surface area contributed by atoms with E-state index in [4.69, 9.17) is 0 Å². The Morgan fingerprint density at radius 3 is 2.72 bits per heavy atom. The van der Waals surface area contributed by atoms with Crippen LogP contribution in [-0.2, 0) is 22.6 Å². The van der Waals surface area contributed by atoms with Gasteiger partial charge in [0.15, 0.2) is 0 Å². The van der Waals surface area contributed by atoms with Crippen molar-refractivity contribution in [3.05, 3.63) is 77.1 Å². The molecule has 2 aliphatic heterocycles. The number of aromatic nitrogens is 3. The zero-order valence-corrected chi connectivity index (χ0v) is 17.1. The fourth-order valence-electron chi connectivity index (χ4n) is 4.18. The molecule has 3 amide bonds. The number of aliphatic hydroxyl groups excluding tert-OH is 1. The van der Waals surface area contributed by atoms with Crippen molar-refractivity contribution in [3.63, 3.8) is 0 Å². The predicted octanol–water partition coefficient (Wildman–Crippen LogP) is 1.30. The molecule has 0 aliphatic carbocycles. The molecular weight excluding hydrogens is 410 g/mol. The van der Waals surface area contributed by atoms with Crippen LogP contribution in [0.5, 0.6) is 0 Å². The third-order valence-electron chi connectivity index (χ3n) is 5.90. The summed E-state index contributed by atoms with van der Waals surface area (Å²) in [4.78, 5) is 38.1. The van der Waals surface area contributed by atoms with Gasteiger partial charge in [0.05, 0.1) is 11.9 Å². The Balaban J connectivity index is 1.34. The SMILES string of the molecule is O=C1CCC(N2Cc3ccc(-n4cc(C(O)Cc5ccccc5)nn4)cc3C2=O)C(=O)N1. The minimum absolute atomic E-state index is 0.217. The maximum atomic E-state index is 13.0. The molecule has 1 saturated heterocycles. The van der Waals surface area contributed by atoms with E-state index in [1.54, 1.807) is 12.3 Å². The van der Waals surface area contributed by atoms with Crippen LogP contribution in [-0.4, -0.2) is 48.8 Å². The summed E-state index contributed by atoms with van der Waals surface area (Å²) >= 11 is 0. The number of carbonyl (C=O) groups is 3. The second-order valence-electron chi connectivity index (χ2n) is 8.03. The van der Waals surface area contributed by atoms with Crippen molar-refractivity contribution in [1.82, 2.24) is 25.2 Å². The minimum atomic E-state index is -0.801. The molecule has 0 bridgehead atoms. The van der Waals surface area contributed by atoms with E-state index in [2.05, 4.69) is 15.6 Å². The number of rotatable bonds is 5. The summed E-state index contributed by atoms with van der Waals surface area (Å²) in [6, 6.07) is 14.3. The van der Waals surface area contributed by atoms with Crippen LogP contribution in [0.15, 0.2) is 54.7 Å². The Morgan fingerprint density at radius 1 is 1.12 bits per heavy atom. The zero-order valence-electron chi connectivity index (χ0n) is 17.1. The minimum Gasteiger partial charge on any atom is -0.386 e. The number of aliphatic hydroxyl groups is 1. The van der Waals surface area contributed by atoms with Crippen LogP contribution >= 0.6 is 0 Å². The van der Waals surface area contributed by atoms with E-state index in [9.17, 15) is 19.5 Å². The predicted molar refractivity (Wildman–Crippen MR) is 113 cm³/mol. The number of imide groups is 1. The monoisotopic (exact) mass is 431 g/mol. The third-order valence-corrected chi connectivity index (χ3v) is 5.90. The fraction of sp³-hybridized carbons (Fsp3) is 0.261. The topological polar surface area (TPSA) is 117 Å². The number of hydrogen-bond donors (Lipinski definition) is 2. The molecule has 162 valence electrons. The zero-order chi connectivity index (χ0) is 22.2. The highest BCUT2D eigenvalue weighted by Gasteiger charge is 2.39. The van der Waals surface area contributed by atoms with Crippen LogP contribution in [0.3, 0.4) is 0 Å². The first-order valence-corrected chi connectivity index (χ1v) is 10.4. The number of nitrogens with one attached hydrogen (secondary N) is 1. The highest BCUT2D eigenvalue weighted by atomic mass is 16.3.